The number of amidine groups is 2. The first-order valence-electron chi connectivity index (χ1n) is 13.3. The van der Waals surface area contributed by atoms with Gasteiger partial charge in [-0.25, -0.2) is 9.89 Å². The molecule has 2 unspecified atom stereocenters. The Labute approximate surface area is 238 Å². The normalized spacial score (nSPS) is 16.4. The highest BCUT2D eigenvalue weighted by molar-refractivity contribution is 8.15. The third-order valence-corrected chi connectivity index (χ3v) is 8.07. The monoisotopic (exact) mass is 553 g/mol. The molecule has 2 aliphatic heterocycles. The molecule has 2 heterocycles. The van der Waals surface area contributed by atoms with Crippen LogP contribution in [0.1, 0.15) is 42.0 Å². The zero-order chi connectivity index (χ0) is 28.1. The Morgan fingerprint density at radius 3 is 2.35 bits per heavy atom. The van der Waals surface area contributed by atoms with E-state index in [9.17, 15) is 14.4 Å². The molecule has 9 heteroatoms. The van der Waals surface area contributed by atoms with Crippen LogP contribution in [-0.4, -0.2) is 44.9 Å². The van der Waals surface area contributed by atoms with E-state index < -0.39 is 11.3 Å². The third-order valence-electron chi connectivity index (χ3n) is 6.76. The summed E-state index contributed by atoms with van der Waals surface area (Å²) in [5.41, 5.74) is 4.55. The quantitative estimate of drug-likeness (QED) is 0.408. The van der Waals surface area contributed by atoms with Gasteiger partial charge in [-0.2, -0.15) is 0 Å². The Kier molecular flexibility index (Phi) is 8.40. The van der Waals surface area contributed by atoms with Crippen LogP contribution in [0.2, 0.25) is 0 Å². The average Bonchev–Trinajstić information content (AvgIpc) is 3.30. The van der Waals surface area contributed by atoms with Gasteiger partial charge in [0, 0.05) is 18.7 Å². The van der Waals surface area contributed by atoms with Gasteiger partial charge in [0.2, 0.25) is 11.8 Å². The average molecular weight is 554 g/mol. The van der Waals surface area contributed by atoms with Gasteiger partial charge >= 0.3 is 0 Å². The number of aliphatic imine (C=N–C) groups is 2. The Morgan fingerprint density at radius 2 is 1.60 bits per heavy atom. The van der Waals surface area contributed by atoms with E-state index in [1.54, 1.807) is 0 Å². The predicted molar refractivity (Wildman–Crippen MR) is 158 cm³/mol. The molecule has 0 aliphatic carbocycles. The number of carbonyl (C=O) groups excluding carboxylic acids is 3. The van der Waals surface area contributed by atoms with Gasteiger partial charge in [-0.15, -0.1) is 0 Å². The highest BCUT2D eigenvalue weighted by Gasteiger charge is 2.43. The molecule has 5 rings (SSSR count). The standard InChI is InChI=1S/C31H31N5O3S/c1-3-26(29(38)33-19-22-15-13-20(2)14-16-22)40-31-35-24-12-8-7-11-23(24)28-34-25(30(39)36(28)31)17-27(37)32-18-21-9-5-4-6-10-21/h4-16,25-26H,3,17-19H2,1-2H3,(H,32,37)(H,33,38). The van der Waals surface area contributed by atoms with Crippen LogP contribution in [0.5, 0.6) is 0 Å². The maximum atomic E-state index is 13.6. The van der Waals surface area contributed by atoms with Crippen LogP contribution in [0.4, 0.5) is 5.69 Å². The van der Waals surface area contributed by atoms with Crippen molar-refractivity contribution in [3.63, 3.8) is 0 Å². The first-order valence-corrected chi connectivity index (χ1v) is 14.2. The molecular formula is C31H31N5O3S. The van der Waals surface area contributed by atoms with Crippen molar-refractivity contribution in [1.29, 1.82) is 0 Å². The van der Waals surface area contributed by atoms with Crippen molar-refractivity contribution in [2.24, 2.45) is 9.98 Å². The number of carbonyl (C=O) groups is 3. The number of amides is 3. The number of fused-ring (bicyclic) bond motifs is 3. The van der Waals surface area contributed by atoms with Crippen LogP contribution < -0.4 is 10.6 Å². The molecule has 0 bridgehead atoms. The molecule has 2 N–H and O–H groups in total. The summed E-state index contributed by atoms with van der Waals surface area (Å²) in [6, 6.07) is 24.2. The van der Waals surface area contributed by atoms with Crippen molar-refractivity contribution in [1.82, 2.24) is 15.5 Å². The van der Waals surface area contributed by atoms with E-state index >= 15 is 0 Å². The van der Waals surface area contributed by atoms with Gasteiger partial charge < -0.3 is 10.6 Å². The smallest absolute Gasteiger partial charge is 0.259 e. The number of para-hydroxylation sites is 1. The molecule has 3 aromatic rings. The maximum absolute atomic E-state index is 13.6. The van der Waals surface area contributed by atoms with Crippen LogP contribution in [0.25, 0.3) is 0 Å². The summed E-state index contributed by atoms with van der Waals surface area (Å²) in [4.78, 5) is 50.3. The maximum Gasteiger partial charge on any atom is 0.259 e. The Balaban J connectivity index is 1.30. The number of nitrogens with zero attached hydrogens (tertiary/aromatic N) is 3. The molecule has 0 radical (unpaired) electrons. The second-order valence-corrected chi connectivity index (χ2v) is 10.9. The van der Waals surface area contributed by atoms with Crippen LogP contribution in [0.15, 0.2) is 88.8 Å². The number of hydrogen-bond acceptors (Lipinski definition) is 6. The van der Waals surface area contributed by atoms with Crippen LogP contribution >= 0.6 is 11.8 Å². The topological polar surface area (TPSA) is 103 Å². The van der Waals surface area contributed by atoms with Crippen molar-refractivity contribution in [3.05, 3.63) is 101 Å². The van der Waals surface area contributed by atoms with Gasteiger partial charge in [-0.05, 0) is 36.6 Å². The van der Waals surface area contributed by atoms with E-state index in [0.29, 0.717) is 36.2 Å². The highest BCUT2D eigenvalue weighted by atomic mass is 32.2. The molecule has 0 saturated heterocycles. The van der Waals surface area contributed by atoms with Crippen molar-refractivity contribution in [2.75, 3.05) is 0 Å². The van der Waals surface area contributed by atoms with Gasteiger partial charge in [0.15, 0.2) is 5.17 Å². The molecule has 0 spiro atoms. The lowest BCUT2D eigenvalue weighted by atomic mass is 10.1. The number of rotatable bonds is 9. The van der Waals surface area contributed by atoms with Crippen LogP contribution in [-0.2, 0) is 27.5 Å². The van der Waals surface area contributed by atoms with Gasteiger partial charge in [0.05, 0.1) is 17.4 Å². The molecule has 2 aliphatic rings. The lowest BCUT2D eigenvalue weighted by molar-refractivity contribution is -0.128. The first-order chi connectivity index (χ1) is 19.4. The molecule has 204 valence electrons. The van der Waals surface area contributed by atoms with E-state index in [1.165, 1.54) is 16.7 Å². The van der Waals surface area contributed by atoms with Crippen molar-refractivity contribution >= 4 is 46.2 Å². The van der Waals surface area contributed by atoms with E-state index in [0.717, 1.165) is 22.3 Å². The fourth-order valence-electron chi connectivity index (χ4n) is 4.52. The van der Waals surface area contributed by atoms with E-state index in [4.69, 9.17) is 4.99 Å². The largest absolute Gasteiger partial charge is 0.352 e. The van der Waals surface area contributed by atoms with Gasteiger partial charge in [-0.3, -0.25) is 19.4 Å². The van der Waals surface area contributed by atoms with E-state index in [-0.39, 0.29) is 24.1 Å². The predicted octanol–water partition coefficient (Wildman–Crippen LogP) is 4.49. The fraction of sp³-hybridized carbons (Fsp3) is 0.258. The molecule has 0 fully saturated rings. The second-order valence-electron chi connectivity index (χ2n) is 9.74. The van der Waals surface area contributed by atoms with E-state index in [1.807, 2.05) is 92.7 Å². The van der Waals surface area contributed by atoms with Crippen molar-refractivity contribution < 1.29 is 14.4 Å². The fourth-order valence-corrected chi connectivity index (χ4v) is 5.56. The number of benzene rings is 3. The lowest BCUT2D eigenvalue weighted by Gasteiger charge is -2.27. The summed E-state index contributed by atoms with van der Waals surface area (Å²) >= 11 is 1.25. The molecule has 8 nitrogen and oxygen atoms in total. The van der Waals surface area contributed by atoms with Gasteiger partial charge in [0.1, 0.15) is 11.9 Å². The highest BCUT2D eigenvalue weighted by Crippen LogP contribution is 2.35. The number of thioether (sulfide) groups is 1. The Hall–Kier alpha value is -4.24. The minimum absolute atomic E-state index is 0.0694. The third kappa shape index (κ3) is 6.15. The zero-order valence-electron chi connectivity index (χ0n) is 22.5. The first kappa shape index (κ1) is 27.3. The van der Waals surface area contributed by atoms with Crippen molar-refractivity contribution in [3.8, 4) is 0 Å². The minimum Gasteiger partial charge on any atom is -0.352 e. The summed E-state index contributed by atoms with van der Waals surface area (Å²) < 4.78 is 0. The molecule has 40 heavy (non-hydrogen) atoms. The van der Waals surface area contributed by atoms with Gasteiger partial charge in [0.25, 0.3) is 5.91 Å². The second kappa shape index (κ2) is 12.3. The molecule has 0 aromatic heterocycles. The number of hydrogen-bond donors (Lipinski definition) is 2. The summed E-state index contributed by atoms with van der Waals surface area (Å²) in [5, 5.41) is 5.82. The van der Waals surface area contributed by atoms with Gasteiger partial charge in [-0.1, -0.05) is 91.0 Å². The molecule has 2 atom stereocenters. The zero-order valence-corrected chi connectivity index (χ0v) is 23.3. The van der Waals surface area contributed by atoms with Crippen LogP contribution in [0.3, 0.4) is 0 Å². The molecule has 0 saturated carbocycles. The summed E-state index contributed by atoms with van der Waals surface area (Å²) in [6.07, 6.45) is 0.477. The van der Waals surface area contributed by atoms with Crippen LogP contribution in [0, 0.1) is 6.92 Å². The Morgan fingerprint density at radius 1 is 0.925 bits per heavy atom. The summed E-state index contributed by atoms with van der Waals surface area (Å²) in [7, 11) is 0. The summed E-state index contributed by atoms with van der Waals surface area (Å²) in [5.74, 6) is -0.237. The molecular weight excluding hydrogens is 522 g/mol. The minimum atomic E-state index is -0.863. The SMILES string of the molecule is CCC(SC1=Nc2ccccc2C2=NC(CC(=O)NCc3ccccc3)C(=O)N12)C(=O)NCc1ccc(C)cc1. The van der Waals surface area contributed by atoms with Crippen molar-refractivity contribution in [2.45, 2.75) is 51.1 Å². The molecule has 3 amide bonds. The molecule has 3 aromatic carbocycles. The van der Waals surface area contributed by atoms with E-state index in [2.05, 4.69) is 15.6 Å². The number of aryl methyl sites for hydroxylation is 1. The summed E-state index contributed by atoms with van der Waals surface area (Å²) in [6.45, 7) is 4.75. The lowest BCUT2D eigenvalue weighted by Crippen LogP contribution is -2.43. The number of nitrogens with one attached hydrogen (secondary N) is 2. The Bertz CT molecular complexity index is 1470.